The highest BCUT2D eigenvalue weighted by atomic mass is 35.5. The van der Waals surface area contributed by atoms with Crippen LogP contribution in [0.1, 0.15) is 19.8 Å². The number of esters is 1. The van der Waals surface area contributed by atoms with Crippen LogP contribution in [0, 0.1) is 0 Å². The molecule has 0 heterocycles. The number of ether oxygens (including phenoxy) is 1. The van der Waals surface area contributed by atoms with Gasteiger partial charge in [0.05, 0.1) is 7.11 Å². The molecule has 1 unspecified atom stereocenters. The standard InChI is InChI=1S/C7H11ClO3/c1-3-4-5(8)6(9)7(10)11-2/h5H,3-4H2,1-2H3. The molecular weight excluding hydrogens is 168 g/mol. The van der Waals surface area contributed by atoms with Crippen molar-refractivity contribution in [1.29, 1.82) is 0 Å². The van der Waals surface area contributed by atoms with Crippen LogP contribution in [0.15, 0.2) is 0 Å². The lowest BCUT2D eigenvalue weighted by molar-refractivity contribution is -0.151. The van der Waals surface area contributed by atoms with Crippen LogP contribution in [-0.4, -0.2) is 24.2 Å². The summed E-state index contributed by atoms with van der Waals surface area (Å²) in [6.07, 6.45) is 1.28. The van der Waals surface area contributed by atoms with Gasteiger partial charge in [0.25, 0.3) is 5.78 Å². The first kappa shape index (κ1) is 10.4. The first-order valence-electron chi connectivity index (χ1n) is 3.39. The third-order valence-corrected chi connectivity index (χ3v) is 1.63. The predicted octanol–water partition coefficient (Wildman–Crippen LogP) is 1.14. The molecule has 0 aliphatic rings. The summed E-state index contributed by atoms with van der Waals surface area (Å²) in [5.41, 5.74) is 0. The fourth-order valence-corrected chi connectivity index (χ4v) is 0.920. The van der Waals surface area contributed by atoms with Crippen LogP contribution < -0.4 is 0 Å². The van der Waals surface area contributed by atoms with Crippen LogP contribution in [0.5, 0.6) is 0 Å². The van der Waals surface area contributed by atoms with E-state index in [9.17, 15) is 9.59 Å². The third kappa shape index (κ3) is 3.37. The van der Waals surface area contributed by atoms with E-state index in [1.54, 1.807) is 0 Å². The number of halogens is 1. The summed E-state index contributed by atoms with van der Waals surface area (Å²) in [6.45, 7) is 1.89. The second-order valence-electron chi connectivity index (χ2n) is 2.11. The van der Waals surface area contributed by atoms with Crippen LogP contribution in [0.4, 0.5) is 0 Å². The molecule has 0 rings (SSSR count). The number of hydrogen-bond donors (Lipinski definition) is 0. The molecule has 0 saturated heterocycles. The quantitative estimate of drug-likeness (QED) is 0.368. The number of carbonyl (C=O) groups is 2. The van der Waals surface area contributed by atoms with E-state index in [-0.39, 0.29) is 0 Å². The molecule has 0 aromatic rings. The van der Waals surface area contributed by atoms with E-state index in [0.29, 0.717) is 6.42 Å². The van der Waals surface area contributed by atoms with Crippen LogP contribution in [0.3, 0.4) is 0 Å². The molecule has 64 valence electrons. The smallest absolute Gasteiger partial charge is 0.375 e. The first-order valence-corrected chi connectivity index (χ1v) is 3.83. The number of carbonyl (C=O) groups excluding carboxylic acids is 2. The highest BCUT2D eigenvalue weighted by Gasteiger charge is 2.22. The van der Waals surface area contributed by atoms with Crippen molar-refractivity contribution < 1.29 is 14.3 Å². The van der Waals surface area contributed by atoms with Gasteiger partial charge >= 0.3 is 5.97 Å². The first-order chi connectivity index (χ1) is 5.13. The predicted molar refractivity (Wildman–Crippen MR) is 41.6 cm³/mol. The minimum Gasteiger partial charge on any atom is -0.463 e. The van der Waals surface area contributed by atoms with Crippen LogP contribution >= 0.6 is 11.6 Å². The summed E-state index contributed by atoms with van der Waals surface area (Å²) in [7, 11) is 1.16. The normalized spacial score (nSPS) is 12.3. The van der Waals surface area contributed by atoms with Crippen molar-refractivity contribution in [1.82, 2.24) is 0 Å². The lowest BCUT2D eigenvalue weighted by Gasteiger charge is -2.03. The Morgan fingerprint density at radius 1 is 1.55 bits per heavy atom. The molecule has 3 nitrogen and oxygen atoms in total. The zero-order chi connectivity index (χ0) is 8.85. The van der Waals surface area contributed by atoms with Gasteiger partial charge in [-0.3, -0.25) is 4.79 Å². The van der Waals surface area contributed by atoms with Gasteiger partial charge in [0, 0.05) is 0 Å². The topological polar surface area (TPSA) is 43.4 Å². The number of Topliss-reactive ketones (excluding diaryl/α,β-unsaturated/α-hetero) is 1. The van der Waals surface area contributed by atoms with Crippen molar-refractivity contribution in [2.45, 2.75) is 25.1 Å². The fourth-order valence-electron chi connectivity index (χ4n) is 0.613. The van der Waals surface area contributed by atoms with E-state index in [1.807, 2.05) is 6.92 Å². The third-order valence-electron chi connectivity index (χ3n) is 1.21. The molecule has 4 heteroatoms. The molecule has 0 bridgehead atoms. The van der Waals surface area contributed by atoms with E-state index >= 15 is 0 Å². The largest absolute Gasteiger partial charge is 0.463 e. The highest BCUT2D eigenvalue weighted by Crippen LogP contribution is 2.06. The van der Waals surface area contributed by atoms with Gasteiger partial charge in [-0.15, -0.1) is 11.6 Å². The second-order valence-corrected chi connectivity index (χ2v) is 2.64. The maximum atomic E-state index is 10.9. The molecule has 1 atom stereocenters. The molecule has 0 aliphatic carbocycles. The minimum atomic E-state index is -0.863. The summed E-state index contributed by atoms with van der Waals surface area (Å²) in [5.74, 6) is -1.52. The average Bonchev–Trinajstić information content (AvgIpc) is 2.02. The second kappa shape index (κ2) is 5.13. The van der Waals surface area contributed by atoms with Crippen molar-refractivity contribution in [3.63, 3.8) is 0 Å². The number of ketones is 1. The zero-order valence-corrected chi connectivity index (χ0v) is 7.35. The molecule has 0 radical (unpaired) electrons. The monoisotopic (exact) mass is 178 g/mol. The van der Waals surface area contributed by atoms with Gasteiger partial charge in [0.15, 0.2) is 0 Å². The van der Waals surface area contributed by atoms with E-state index in [1.165, 1.54) is 0 Å². The molecular formula is C7H11ClO3. The van der Waals surface area contributed by atoms with Crippen molar-refractivity contribution in [3.8, 4) is 0 Å². The Morgan fingerprint density at radius 2 is 2.09 bits per heavy atom. The number of hydrogen-bond acceptors (Lipinski definition) is 3. The minimum absolute atomic E-state index is 0.509. The van der Waals surface area contributed by atoms with Crippen molar-refractivity contribution in [2.24, 2.45) is 0 Å². The van der Waals surface area contributed by atoms with Crippen molar-refractivity contribution >= 4 is 23.4 Å². The summed E-state index contributed by atoms with van der Waals surface area (Å²) in [5, 5.41) is -0.729. The molecule has 0 fully saturated rings. The van der Waals surface area contributed by atoms with Crippen molar-refractivity contribution in [3.05, 3.63) is 0 Å². The molecule has 0 amide bonds. The van der Waals surface area contributed by atoms with Crippen LogP contribution in [-0.2, 0) is 14.3 Å². The Morgan fingerprint density at radius 3 is 2.45 bits per heavy atom. The zero-order valence-electron chi connectivity index (χ0n) is 6.59. The summed E-state index contributed by atoms with van der Waals surface area (Å²) in [4.78, 5) is 21.4. The summed E-state index contributed by atoms with van der Waals surface area (Å²) < 4.78 is 4.21. The highest BCUT2D eigenvalue weighted by molar-refractivity contribution is 6.47. The summed E-state index contributed by atoms with van der Waals surface area (Å²) in [6, 6.07) is 0. The Hall–Kier alpha value is -0.570. The lowest BCUT2D eigenvalue weighted by Crippen LogP contribution is -2.25. The molecule has 0 aromatic heterocycles. The maximum Gasteiger partial charge on any atom is 0.375 e. The van der Waals surface area contributed by atoms with Crippen LogP contribution in [0.2, 0.25) is 0 Å². The number of rotatable bonds is 4. The van der Waals surface area contributed by atoms with Crippen LogP contribution in [0.25, 0.3) is 0 Å². The molecule has 0 aromatic carbocycles. The van der Waals surface area contributed by atoms with Gasteiger partial charge in [-0.1, -0.05) is 13.3 Å². The van der Waals surface area contributed by atoms with E-state index in [2.05, 4.69) is 4.74 Å². The average molecular weight is 179 g/mol. The SMILES string of the molecule is CCCC(Cl)C(=O)C(=O)OC. The Labute approximate surface area is 70.7 Å². The maximum absolute atomic E-state index is 10.9. The molecule has 0 aliphatic heterocycles. The molecule has 0 spiro atoms. The molecule has 0 N–H and O–H groups in total. The molecule has 0 saturated carbocycles. The Kier molecular flexibility index (Phi) is 4.86. The van der Waals surface area contributed by atoms with Gasteiger partial charge in [0.1, 0.15) is 5.38 Å². The number of alkyl halides is 1. The van der Waals surface area contributed by atoms with Gasteiger partial charge in [-0.05, 0) is 6.42 Å². The Balaban J connectivity index is 3.91. The fraction of sp³-hybridized carbons (Fsp3) is 0.714. The van der Waals surface area contributed by atoms with Gasteiger partial charge in [-0.2, -0.15) is 0 Å². The van der Waals surface area contributed by atoms with E-state index < -0.39 is 17.1 Å². The van der Waals surface area contributed by atoms with E-state index in [0.717, 1.165) is 13.5 Å². The van der Waals surface area contributed by atoms with E-state index in [4.69, 9.17) is 11.6 Å². The Bertz CT molecular complexity index is 156. The van der Waals surface area contributed by atoms with Gasteiger partial charge in [0.2, 0.25) is 0 Å². The number of methoxy groups -OCH3 is 1. The van der Waals surface area contributed by atoms with Crippen molar-refractivity contribution in [2.75, 3.05) is 7.11 Å². The van der Waals surface area contributed by atoms with Gasteiger partial charge in [-0.25, -0.2) is 4.79 Å². The molecule has 11 heavy (non-hydrogen) atoms. The summed E-state index contributed by atoms with van der Waals surface area (Å²) >= 11 is 5.55. The lowest BCUT2D eigenvalue weighted by atomic mass is 10.2. The van der Waals surface area contributed by atoms with Gasteiger partial charge < -0.3 is 4.74 Å².